The summed E-state index contributed by atoms with van der Waals surface area (Å²) in [5, 5.41) is 9.40. The minimum atomic E-state index is 0.248. The molecule has 2 heterocycles. The normalized spacial score (nSPS) is 11.2. The SMILES string of the molecule is CN(C)c1ccc2nc3nc(-c4ccc(O)cc4)ccn3c2c1. The van der Waals surface area contributed by atoms with Crippen LogP contribution in [-0.4, -0.2) is 33.6 Å². The van der Waals surface area contributed by atoms with Crippen molar-refractivity contribution in [2.45, 2.75) is 0 Å². The molecule has 5 nitrogen and oxygen atoms in total. The molecule has 0 aliphatic carbocycles. The van der Waals surface area contributed by atoms with Crippen molar-refractivity contribution in [3.8, 4) is 17.0 Å². The fourth-order valence-electron chi connectivity index (χ4n) is 2.66. The Morgan fingerprint density at radius 3 is 2.48 bits per heavy atom. The largest absolute Gasteiger partial charge is 0.508 e. The number of phenols is 1. The molecule has 2 aromatic heterocycles. The van der Waals surface area contributed by atoms with Crippen LogP contribution in [0.3, 0.4) is 0 Å². The molecule has 0 aliphatic heterocycles. The lowest BCUT2D eigenvalue weighted by Gasteiger charge is -2.11. The molecule has 1 N–H and O–H groups in total. The Morgan fingerprint density at radius 2 is 1.74 bits per heavy atom. The Bertz CT molecular complexity index is 1000. The zero-order valence-electron chi connectivity index (χ0n) is 12.9. The maximum absolute atomic E-state index is 9.40. The van der Waals surface area contributed by atoms with Crippen molar-refractivity contribution in [2.75, 3.05) is 19.0 Å². The van der Waals surface area contributed by atoms with Gasteiger partial charge in [0.1, 0.15) is 5.75 Å². The van der Waals surface area contributed by atoms with E-state index in [0.717, 1.165) is 28.0 Å². The summed E-state index contributed by atoms with van der Waals surface area (Å²) in [5.41, 5.74) is 4.87. The number of imidazole rings is 1. The molecule has 5 heteroatoms. The minimum absolute atomic E-state index is 0.248. The Kier molecular flexibility index (Phi) is 2.94. The number of aromatic nitrogens is 3. The van der Waals surface area contributed by atoms with Gasteiger partial charge in [-0.1, -0.05) is 0 Å². The van der Waals surface area contributed by atoms with Crippen LogP contribution in [0.25, 0.3) is 28.1 Å². The van der Waals surface area contributed by atoms with Gasteiger partial charge in [0.25, 0.3) is 0 Å². The molecule has 0 bridgehead atoms. The van der Waals surface area contributed by atoms with Crippen molar-refractivity contribution in [2.24, 2.45) is 0 Å². The van der Waals surface area contributed by atoms with Crippen LogP contribution in [0.4, 0.5) is 5.69 Å². The van der Waals surface area contributed by atoms with Crippen LogP contribution in [0.5, 0.6) is 5.75 Å². The van der Waals surface area contributed by atoms with Crippen molar-refractivity contribution in [1.29, 1.82) is 0 Å². The predicted molar refractivity (Wildman–Crippen MR) is 91.9 cm³/mol. The van der Waals surface area contributed by atoms with Gasteiger partial charge >= 0.3 is 0 Å². The molecule has 4 rings (SSSR count). The number of benzene rings is 2. The van der Waals surface area contributed by atoms with Gasteiger partial charge in [0.05, 0.1) is 16.7 Å². The summed E-state index contributed by atoms with van der Waals surface area (Å²) in [4.78, 5) is 11.3. The Balaban J connectivity index is 1.89. The molecule has 0 radical (unpaired) electrons. The second-order valence-corrected chi connectivity index (χ2v) is 5.71. The molecule has 0 aliphatic rings. The van der Waals surface area contributed by atoms with E-state index < -0.39 is 0 Å². The maximum Gasteiger partial charge on any atom is 0.235 e. The third-order valence-corrected chi connectivity index (χ3v) is 3.94. The third-order valence-electron chi connectivity index (χ3n) is 3.94. The van der Waals surface area contributed by atoms with E-state index in [1.54, 1.807) is 12.1 Å². The molecule has 4 aromatic rings. The number of anilines is 1. The lowest BCUT2D eigenvalue weighted by Crippen LogP contribution is -2.08. The minimum Gasteiger partial charge on any atom is -0.508 e. The van der Waals surface area contributed by atoms with Gasteiger partial charge in [-0.3, -0.25) is 4.40 Å². The van der Waals surface area contributed by atoms with E-state index in [1.807, 2.05) is 49.0 Å². The first-order chi connectivity index (χ1) is 11.1. The molecule has 0 amide bonds. The zero-order chi connectivity index (χ0) is 16.0. The topological polar surface area (TPSA) is 53.7 Å². The summed E-state index contributed by atoms with van der Waals surface area (Å²) in [6.45, 7) is 0. The van der Waals surface area contributed by atoms with Gasteiger partial charge in [0.15, 0.2) is 0 Å². The number of nitrogens with zero attached hydrogens (tertiary/aromatic N) is 4. The van der Waals surface area contributed by atoms with Crippen LogP contribution in [0.2, 0.25) is 0 Å². The van der Waals surface area contributed by atoms with Gasteiger partial charge in [0, 0.05) is 31.5 Å². The lowest BCUT2D eigenvalue weighted by atomic mass is 10.1. The molecule has 114 valence electrons. The van der Waals surface area contributed by atoms with Gasteiger partial charge < -0.3 is 10.0 Å². The van der Waals surface area contributed by atoms with Crippen molar-refractivity contribution < 1.29 is 5.11 Å². The molecule has 0 unspecified atom stereocenters. The number of hydrogen-bond donors (Lipinski definition) is 1. The van der Waals surface area contributed by atoms with Crippen molar-refractivity contribution in [3.63, 3.8) is 0 Å². The molecule has 23 heavy (non-hydrogen) atoms. The molecular formula is C18H16N4O. The predicted octanol–water partition coefficient (Wildman–Crippen LogP) is 3.32. The van der Waals surface area contributed by atoms with Gasteiger partial charge in [-0.15, -0.1) is 0 Å². The lowest BCUT2D eigenvalue weighted by molar-refractivity contribution is 0.475. The van der Waals surface area contributed by atoms with Crippen LogP contribution in [-0.2, 0) is 0 Å². The summed E-state index contributed by atoms with van der Waals surface area (Å²) >= 11 is 0. The average Bonchev–Trinajstić information content (AvgIpc) is 2.92. The standard InChI is InChI=1S/C18H16N4O/c1-21(2)13-5-8-16-17(11-13)22-10-9-15(19-18(22)20-16)12-3-6-14(23)7-4-12/h3-11,23H,1-2H3. The number of fused-ring (bicyclic) bond motifs is 3. The first kappa shape index (κ1) is 13.6. The van der Waals surface area contributed by atoms with E-state index in [0.29, 0.717) is 5.78 Å². The highest BCUT2D eigenvalue weighted by molar-refractivity contribution is 5.83. The first-order valence-electron chi connectivity index (χ1n) is 7.37. The van der Waals surface area contributed by atoms with Crippen LogP contribution in [0.15, 0.2) is 54.7 Å². The fraction of sp³-hybridized carbons (Fsp3) is 0.111. The highest BCUT2D eigenvalue weighted by Crippen LogP contribution is 2.24. The van der Waals surface area contributed by atoms with Crippen LogP contribution in [0.1, 0.15) is 0 Å². The van der Waals surface area contributed by atoms with Crippen molar-refractivity contribution in [1.82, 2.24) is 14.4 Å². The highest BCUT2D eigenvalue weighted by atomic mass is 16.3. The van der Waals surface area contributed by atoms with Crippen molar-refractivity contribution >= 4 is 22.5 Å². The van der Waals surface area contributed by atoms with Gasteiger partial charge in [0.2, 0.25) is 5.78 Å². The Labute approximate surface area is 133 Å². The van der Waals surface area contributed by atoms with Gasteiger partial charge in [-0.2, -0.15) is 0 Å². The highest BCUT2D eigenvalue weighted by Gasteiger charge is 2.09. The quantitative estimate of drug-likeness (QED) is 0.617. The van der Waals surface area contributed by atoms with Gasteiger partial charge in [-0.25, -0.2) is 9.97 Å². The van der Waals surface area contributed by atoms with E-state index in [9.17, 15) is 5.11 Å². The Hall–Kier alpha value is -3.08. The molecule has 0 fully saturated rings. The van der Waals surface area contributed by atoms with Crippen LogP contribution >= 0.6 is 0 Å². The number of rotatable bonds is 2. The van der Waals surface area contributed by atoms with Gasteiger partial charge in [-0.05, 0) is 48.5 Å². The smallest absolute Gasteiger partial charge is 0.235 e. The molecule has 0 spiro atoms. The van der Waals surface area contributed by atoms with E-state index >= 15 is 0 Å². The molecule has 0 atom stereocenters. The maximum atomic E-state index is 9.40. The summed E-state index contributed by atoms with van der Waals surface area (Å²) in [5.74, 6) is 0.916. The molecule has 0 saturated heterocycles. The number of aromatic hydroxyl groups is 1. The second-order valence-electron chi connectivity index (χ2n) is 5.71. The summed E-state index contributed by atoms with van der Waals surface area (Å²) in [6.07, 6.45) is 1.99. The summed E-state index contributed by atoms with van der Waals surface area (Å²) in [7, 11) is 4.04. The van der Waals surface area contributed by atoms with Crippen LogP contribution < -0.4 is 4.90 Å². The second kappa shape index (κ2) is 4.98. The van der Waals surface area contributed by atoms with E-state index in [4.69, 9.17) is 0 Å². The summed E-state index contributed by atoms with van der Waals surface area (Å²) < 4.78 is 1.99. The summed E-state index contributed by atoms with van der Waals surface area (Å²) in [6, 6.07) is 15.1. The van der Waals surface area contributed by atoms with Crippen LogP contribution in [0, 0.1) is 0 Å². The fourth-order valence-corrected chi connectivity index (χ4v) is 2.66. The molecule has 0 saturated carbocycles. The van der Waals surface area contributed by atoms with Crippen molar-refractivity contribution in [3.05, 3.63) is 54.7 Å². The number of hydrogen-bond acceptors (Lipinski definition) is 4. The van der Waals surface area contributed by atoms with E-state index in [-0.39, 0.29) is 5.75 Å². The van der Waals surface area contributed by atoms with E-state index in [1.165, 1.54) is 0 Å². The van der Waals surface area contributed by atoms with E-state index in [2.05, 4.69) is 27.0 Å². The Morgan fingerprint density at radius 1 is 0.957 bits per heavy atom. The zero-order valence-corrected chi connectivity index (χ0v) is 12.9. The third kappa shape index (κ3) is 2.26. The first-order valence-corrected chi connectivity index (χ1v) is 7.37. The monoisotopic (exact) mass is 304 g/mol. The molecule has 2 aromatic carbocycles. The number of phenolic OH excluding ortho intramolecular Hbond substituents is 1. The molecular weight excluding hydrogens is 288 g/mol. The average molecular weight is 304 g/mol.